The Morgan fingerprint density at radius 3 is 2.11 bits per heavy atom. The molecular formula is C14H15ClN2O. The number of hydrogen-bond donors (Lipinski definition) is 1. The van der Waals surface area contributed by atoms with Gasteiger partial charge in [0.2, 0.25) is 0 Å². The second-order valence-corrected chi connectivity index (χ2v) is 3.56. The Hall–Kier alpha value is -2.00. The Labute approximate surface area is 113 Å². The second kappa shape index (κ2) is 7.35. The van der Waals surface area contributed by atoms with Crippen LogP contribution in [-0.4, -0.2) is 6.02 Å². The molecule has 0 unspecified atom stereocenters. The Morgan fingerprint density at radius 2 is 1.50 bits per heavy atom. The van der Waals surface area contributed by atoms with Crippen molar-refractivity contribution in [2.45, 2.75) is 6.54 Å². The van der Waals surface area contributed by atoms with Crippen molar-refractivity contribution in [1.29, 1.82) is 0 Å². The maximum Gasteiger partial charge on any atom is 0.287 e. The zero-order valence-electron chi connectivity index (χ0n) is 9.82. The normalized spacial score (nSPS) is 10.6. The Morgan fingerprint density at radius 1 is 0.944 bits per heavy atom. The van der Waals surface area contributed by atoms with Gasteiger partial charge in [-0.25, -0.2) is 4.99 Å². The fraction of sp³-hybridized carbons (Fsp3) is 0.0714. The summed E-state index contributed by atoms with van der Waals surface area (Å²) in [7, 11) is 0. The van der Waals surface area contributed by atoms with E-state index in [9.17, 15) is 0 Å². The highest BCUT2D eigenvalue weighted by Crippen LogP contribution is 2.08. The maximum atomic E-state index is 5.68. The molecule has 0 aliphatic carbocycles. The molecule has 18 heavy (non-hydrogen) atoms. The zero-order chi connectivity index (χ0) is 11.9. The van der Waals surface area contributed by atoms with Gasteiger partial charge in [-0.2, -0.15) is 0 Å². The van der Waals surface area contributed by atoms with E-state index in [2.05, 4.69) is 4.99 Å². The third kappa shape index (κ3) is 4.47. The van der Waals surface area contributed by atoms with Crippen molar-refractivity contribution < 1.29 is 4.74 Å². The van der Waals surface area contributed by atoms with Crippen LogP contribution in [0.2, 0.25) is 0 Å². The highest BCUT2D eigenvalue weighted by molar-refractivity contribution is 5.85. The molecule has 0 aliphatic heterocycles. The third-order valence-corrected chi connectivity index (χ3v) is 2.23. The van der Waals surface area contributed by atoms with E-state index in [4.69, 9.17) is 10.5 Å². The molecule has 0 saturated carbocycles. The van der Waals surface area contributed by atoms with Crippen LogP contribution in [0.4, 0.5) is 0 Å². The van der Waals surface area contributed by atoms with Crippen molar-refractivity contribution in [2.75, 3.05) is 0 Å². The van der Waals surface area contributed by atoms with Crippen LogP contribution in [0.15, 0.2) is 65.7 Å². The molecule has 0 aliphatic rings. The second-order valence-electron chi connectivity index (χ2n) is 3.56. The minimum atomic E-state index is 0. The fourth-order valence-electron chi connectivity index (χ4n) is 1.39. The number of nitrogens with zero attached hydrogens (tertiary/aromatic N) is 1. The smallest absolute Gasteiger partial charge is 0.287 e. The van der Waals surface area contributed by atoms with Crippen LogP contribution in [0.25, 0.3) is 0 Å². The predicted octanol–water partition coefficient (Wildman–Crippen LogP) is 3.00. The summed E-state index contributed by atoms with van der Waals surface area (Å²) in [5.74, 6) is 0.696. The van der Waals surface area contributed by atoms with E-state index in [0.29, 0.717) is 12.3 Å². The molecule has 0 radical (unpaired) electrons. The number of halogens is 1. The summed E-state index contributed by atoms with van der Waals surface area (Å²) in [6.07, 6.45) is 0. The summed E-state index contributed by atoms with van der Waals surface area (Å²) in [4.78, 5) is 4.16. The van der Waals surface area contributed by atoms with Crippen LogP contribution in [0.5, 0.6) is 5.75 Å². The molecule has 0 amide bonds. The molecule has 2 aromatic rings. The van der Waals surface area contributed by atoms with Crippen molar-refractivity contribution in [3.8, 4) is 5.75 Å². The van der Waals surface area contributed by atoms with Crippen molar-refractivity contribution in [2.24, 2.45) is 10.7 Å². The number of rotatable bonds is 3. The van der Waals surface area contributed by atoms with Crippen molar-refractivity contribution in [1.82, 2.24) is 0 Å². The molecular weight excluding hydrogens is 248 g/mol. The first-order valence-corrected chi connectivity index (χ1v) is 5.41. The van der Waals surface area contributed by atoms with E-state index in [0.717, 1.165) is 5.56 Å². The minimum Gasteiger partial charge on any atom is -0.426 e. The van der Waals surface area contributed by atoms with E-state index < -0.39 is 0 Å². The first kappa shape index (κ1) is 14.1. The summed E-state index contributed by atoms with van der Waals surface area (Å²) >= 11 is 0. The predicted molar refractivity (Wildman–Crippen MR) is 76.1 cm³/mol. The number of ether oxygens (including phenoxy) is 1. The molecule has 0 spiro atoms. The molecule has 0 heterocycles. The molecule has 2 aromatic carbocycles. The summed E-state index contributed by atoms with van der Waals surface area (Å²) in [5, 5.41) is 0. The monoisotopic (exact) mass is 262 g/mol. The lowest BCUT2D eigenvalue weighted by Crippen LogP contribution is -2.19. The number of hydrogen-bond acceptors (Lipinski definition) is 2. The highest BCUT2D eigenvalue weighted by Gasteiger charge is 1.96. The topological polar surface area (TPSA) is 47.6 Å². The Balaban J connectivity index is 0.00000162. The van der Waals surface area contributed by atoms with Gasteiger partial charge in [-0.05, 0) is 17.7 Å². The number of nitrogens with two attached hydrogens (primary N) is 1. The SMILES string of the molecule is Cl.NC(=NCc1ccccc1)Oc1ccccc1. The maximum absolute atomic E-state index is 5.68. The van der Waals surface area contributed by atoms with Gasteiger partial charge in [0.1, 0.15) is 5.75 Å². The summed E-state index contributed by atoms with van der Waals surface area (Å²) in [6.45, 7) is 0.527. The van der Waals surface area contributed by atoms with Gasteiger partial charge in [-0.3, -0.25) is 0 Å². The number of aliphatic imine (C=N–C) groups is 1. The molecule has 2 rings (SSSR count). The molecule has 0 aromatic heterocycles. The van der Waals surface area contributed by atoms with Gasteiger partial charge in [0.25, 0.3) is 6.02 Å². The van der Waals surface area contributed by atoms with Crippen LogP contribution >= 0.6 is 12.4 Å². The van der Waals surface area contributed by atoms with Gasteiger partial charge in [0.15, 0.2) is 0 Å². The standard InChI is InChI=1S/C14H14N2O.ClH/c15-14(17-13-9-5-2-6-10-13)16-11-12-7-3-1-4-8-12;/h1-10H,11H2,(H2,15,16);1H. The summed E-state index contributed by atoms with van der Waals surface area (Å²) < 4.78 is 5.36. The minimum absolute atomic E-state index is 0. The van der Waals surface area contributed by atoms with Crippen LogP contribution in [-0.2, 0) is 6.54 Å². The highest BCUT2D eigenvalue weighted by atomic mass is 35.5. The van der Waals surface area contributed by atoms with Gasteiger partial charge >= 0.3 is 0 Å². The fourth-order valence-corrected chi connectivity index (χ4v) is 1.39. The Bertz CT molecular complexity index is 486. The van der Waals surface area contributed by atoms with Gasteiger partial charge in [0, 0.05) is 0 Å². The molecule has 0 bridgehead atoms. The lowest BCUT2D eigenvalue weighted by Gasteiger charge is -2.03. The molecule has 2 N–H and O–H groups in total. The first-order chi connectivity index (χ1) is 8.34. The Kier molecular flexibility index (Phi) is 5.74. The van der Waals surface area contributed by atoms with Crippen molar-refractivity contribution in [3.63, 3.8) is 0 Å². The lowest BCUT2D eigenvalue weighted by molar-refractivity contribution is 0.538. The van der Waals surface area contributed by atoms with E-state index in [1.54, 1.807) is 0 Å². The zero-order valence-corrected chi connectivity index (χ0v) is 10.6. The van der Waals surface area contributed by atoms with E-state index in [-0.39, 0.29) is 18.4 Å². The average molecular weight is 263 g/mol. The van der Waals surface area contributed by atoms with Gasteiger partial charge in [-0.15, -0.1) is 12.4 Å². The summed E-state index contributed by atoms with van der Waals surface area (Å²) in [6, 6.07) is 19.5. The summed E-state index contributed by atoms with van der Waals surface area (Å²) in [5.41, 5.74) is 6.79. The number of para-hydroxylation sites is 1. The molecule has 4 heteroatoms. The number of amidine groups is 1. The van der Waals surface area contributed by atoms with E-state index in [1.807, 2.05) is 60.7 Å². The molecule has 0 saturated heterocycles. The third-order valence-electron chi connectivity index (χ3n) is 2.23. The van der Waals surface area contributed by atoms with Crippen molar-refractivity contribution in [3.05, 3.63) is 66.2 Å². The molecule has 3 nitrogen and oxygen atoms in total. The van der Waals surface area contributed by atoms with E-state index in [1.165, 1.54) is 0 Å². The molecule has 0 fully saturated rings. The van der Waals surface area contributed by atoms with Crippen LogP contribution < -0.4 is 10.5 Å². The van der Waals surface area contributed by atoms with Gasteiger partial charge in [0.05, 0.1) is 6.54 Å². The van der Waals surface area contributed by atoms with Gasteiger partial charge < -0.3 is 10.5 Å². The largest absolute Gasteiger partial charge is 0.426 e. The number of benzene rings is 2. The molecule has 94 valence electrons. The first-order valence-electron chi connectivity index (χ1n) is 5.41. The average Bonchev–Trinajstić information content (AvgIpc) is 2.39. The molecule has 0 atom stereocenters. The van der Waals surface area contributed by atoms with Crippen LogP contribution in [0.1, 0.15) is 5.56 Å². The lowest BCUT2D eigenvalue weighted by atomic mass is 10.2. The van der Waals surface area contributed by atoms with Crippen LogP contribution in [0.3, 0.4) is 0 Å². The quantitative estimate of drug-likeness (QED) is 0.683. The van der Waals surface area contributed by atoms with Crippen molar-refractivity contribution >= 4 is 18.4 Å². The van der Waals surface area contributed by atoms with Crippen LogP contribution in [0, 0.1) is 0 Å². The van der Waals surface area contributed by atoms with Gasteiger partial charge in [-0.1, -0.05) is 48.5 Å². The van der Waals surface area contributed by atoms with E-state index >= 15 is 0 Å².